The van der Waals surface area contributed by atoms with Crippen molar-refractivity contribution in [3.8, 4) is 23.1 Å². The number of rotatable bonds is 10. The highest BCUT2D eigenvalue weighted by Gasteiger charge is 2.55. The van der Waals surface area contributed by atoms with Gasteiger partial charge in [-0.25, -0.2) is 14.2 Å². The highest BCUT2D eigenvalue weighted by Crippen LogP contribution is 2.56. The van der Waals surface area contributed by atoms with E-state index in [1.807, 2.05) is 4.90 Å². The molecule has 3 unspecified atom stereocenters. The summed E-state index contributed by atoms with van der Waals surface area (Å²) in [5.41, 5.74) is 7.81. The highest BCUT2D eigenvalue weighted by atomic mass is 35.5. The molecule has 15 heteroatoms. The van der Waals surface area contributed by atoms with Crippen LogP contribution in [0.4, 0.5) is 20.7 Å². The number of anilines is 2. The fourth-order valence-corrected chi connectivity index (χ4v) is 10.8. The number of nitrogens with zero attached hydrogens (tertiary/aromatic N) is 5. The SMILES string of the molecule is COc1nc(-c2c(Cl)c(C)cc(N)c2C=N)c(F)c2nc(OCC34CCCC3N(C3CC5(CCOCC5)C3)CCC4)nc(N3CCCC(CNC(=O)O)C3)c12. The zero-order valence-corrected chi connectivity index (χ0v) is 32.5. The lowest BCUT2D eigenvalue weighted by atomic mass is 9.60. The summed E-state index contributed by atoms with van der Waals surface area (Å²) in [6, 6.07) is 2.72. The first-order valence-electron chi connectivity index (χ1n) is 19.8. The molecule has 296 valence electrons. The predicted octanol–water partition coefficient (Wildman–Crippen LogP) is 6.84. The van der Waals surface area contributed by atoms with Crippen molar-refractivity contribution in [3.63, 3.8) is 0 Å². The van der Waals surface area contributed by atoms with Crippen LogP contribution in [-0.2, 0) is 4.74 Å². The third-order valence-electron chi connectivity index (χ3n) is 13.4. The first-order chi connectivity index (χ1) is 26.5. The summed E-state index contributed by atoms with van der Waals surface area (Å²) in [6.45, 7) is 6.41. The second-order valence-electron chi connectivity index (χ2n) is 16.6. The summed E-state index contributed by atoms with van der Waals surface area (Å²) < 4.78 is 35.4. The Hall–Kier alpha value is -4.01. The molecular weight excluding hydrogens is 727 g/mol. The number of methoxy groups -OCH3 is 1. The summed E-state index contributed by atoms with van der Waals surface area (Å²) in [6.07, 6.45) is 11.9. The van der Waals surface area contributed by atoms with Gasteiger partial charge < -0.3 is 40.7 Å². The van der Waals surface area contributed by atoms with Gasteiger partial charge in [-0.05, 0) is 101 Å². The van der Waals surface area contributed by atoms with Gasteiger partial charge in [-0.15, -0.1) is 0 Å². The molecule has 8 rings (SSSR count). The van der Waals surface area contributed by atoms with E-state index in [0.29, 0.717) is 48.6 Å². The summed E-state index contributed by atoms with van der Waals surface area (Å²) >= 11 is 6.80. The van der Waals surface area contributed by atoms with Gasteiger partial charge in [0.2, 0.25) is 5.88 Å². The maximum absolute atomic E-state index is 17.2. The van der Waals surface area contributed by atoms with Crippen LogP contribution in [-0.4, -0.2) is 102 Å². The van der Waals surface area contributed by atoms with E-state index in [1.165, 1.54) is 20.0 Å². The van der Waals surface area contributed by atoms with Crippen LogP contribution in [0.2, 0.25) is 5.02 Å². The Morgan fingerprint density at radius 2 is 1.95 bits per heavy atom. The second-order valence-corrected chi connectivity index (χ2v) is 17.0. The summed E-state index contributed by atoms with van der Waals surface area (Å²) in [4.78, 5) is 30.6. The van der Waals surface area contributed by atoms with Gasteiger partial charge in [-0.3, -0.25) is 4.90 Å². The standard InChI is InChI=1S/C40H52ClFN8O5/c1-23-16-27(44)26(19-43)29(31(23)41)33-32(42)34-30(36(46-33)53-2)35(49-12-4-6-24(21-49)20-45-38(51)52)48-37(47-34)55-22-40-8-3-7-28(40)50(13-5-9-40)25-17-39(18-25)10-14-54-15-11-39/h16,19,24-25,28,43,45H,3-15,17-18,20-22,44H2,1-2H3,(H,51,52). The topological polar surface area (TPSA) is 172 Å². The molecule has 5 N–H and O–H groups in total. The number of carboxylic acid groups (broad SMARTS) is 1. The zero-order chi connectivity index (χ0) is 38.5. The van der Waals surface area contributed by atoms with E-state index in [0.717, 1.165) is 83.8 Å². The molecule has 1 amide bonds. The number of nitrogens with one attached hydrogen (secondary N) is 2. The molecule has 3 saturated heterocycles. The number of nitrogens with two attached hydrogens (primary N) is 1. The summed E-state index contributed by atoms with van der Waals surface area (Å²) in [5.74, 6) is -0.247. The fourth-order valence-electron chi connectivity index (χ4n) is 10.6. The highest BCUT2D eigenvalue weighted by molar-refractivity contribution is 6.35. The molecule has 55 heavy (non-hydrogen) atoms. The normalized spacial score (nSPS) is 25.4. The van der Waals surface area contributed by atoms with Crippen molar-refractivity contribution < 1.29 is 28.5 Å². The minimum absolute atomic E-state index is 0.00433. The van der Waals surface area contributed by atoms with Crippen LogP contribution >= 0.6 is 11.6 Å². The van der Waals surface area contributed by atoms with Crippen LogP contribution in [0.3, 0.4) is 0 Å². The number of hydrogen-bond donors (Lipinski definition) is 4. The van der Waals surface area contributed by atoms with Crippen molar-refractivity contribution in [2.24, 2.45) is 16.7 Å². The van der Waals surface area contributed by atoms with Crippen molar-refractivity contribution in [1.29, 1.82) is 5.41 Å². The summed E-state index contributed by atoms with van der Waals surface area (Å²) in [5, 5.41) is 20.4. The second kappa shape index (κ2) is 15.2. The largest absolute Gasteiger partial charge is 0.480 e. The molecule has 3 aliphatic heterocycles. The number of halogens is 2. The van der Waals surface area contributed by atoms with E-state index in [2.05, 4.69) is 15.2 Å². The smallest absolute Gasteiger partial charge is 0.404 e. The Morgan fingerprint density at radius 3 is 2.69 bits per heavy atom. The maximum Gasteiger partial charge on any atom is 0.404 e. The molecule has 0 radical (unpaired) electrons. The van der Waals surface area contributed by atoms with Crippen LogP contribution < -0.4 is 25.4 Å². The Balaban J connectivity index is 1.17. The van der Waals surface area contributed by atoms with E-state index in [9.17, 15) is 9.90 Å². The number of amides is 1. The number of pyridine rings is 1. The molecule has 2 saturated carbocycles. The number of likely N-dealkylation sites (tertiary alicyclic amines) is 1. The van der Waals surface area contributed by atoms with E-state index in [1.54, 1.807) is 13.0 Å². The molecule has 13 nitrogen and oxygen atoms in total. The third-order valence-corrected chi connectivity index (χ3v) is 13.9. The van der Waals surface area contributed by atoms with Crippen molar-refractivity contribution in [2.45, 2.75) is 89.6 Å². The van der Waals surface area contributed by atoms with Crippen LogP contribution in [0.25, 0.3) is 22.2 Å². The van der Waals surface area contributed by atoms with Gasteiger partial charge in [-0.2, -0.15) is 9.97 Å². The van der Waals surface area contributed by atoms with Crippen LogP contribution in [0.15, 0.2) is 6.07 Å². The van der Waals surface area contributed by atoms with Gasteiger partial charge >= 0.3 is 12.1 Å². The van der Waals surface area contributed by atoms with Gasteiger partial charge in [0.1, 0.15) is 22.4 Å². The molecule has 5 fully saturated rings. The monoisotopic (exact) mass is 778 g/mol. The lowest BCUT2D eigenvalue weighted by molar-refractivity contribution is -0.112. The number of aromatic nitrogens is 3. The minimum atomic E-state index is -1.08. The van der Waals surface area contributed by atoms with Gasteiger partial charge in [0.15, 0.2) is 5.82 Å². The number of carbonyl (C=O) groups is 1. The number of piperidine rings is 2. The first kappa shape index (κ1) is 37.9. The average molecular weight is 779 g/mol. The molecule has 0 bridgehead atoms. The van der Waals surface area contributed by atoms with Crippen LogP contribution in [0.1, 0.15) is 81.8 Å². The van der Waals surface area contributed by atoms with Gasteiger partial charge in [-0.1, -0.05) is 18.0 Å². The van der Waals surface area contributed by atoms with Gasteiger partial charge in [0.25, 0.3) is 0 Å². The molecule has 5 aliphatic rings. The molecule has 3 atom stereocenters. The molecule has 2 aliphatic carbocycles. The van der Waals surface area contributed by atoms with Gasteiger partial charge in [0.05, 0.1) is 18.7 Å². The lowest BCUT2D eigenvalue weighted by Crippen LogP contribution is -2.61. The van der Waals surface area contributed by atoms with Crippen molar-refractivity contribution in [3.05, 3.63) is 28.0 Å². The first-order valence-corrected chi connectivity index (χ1v) is 20.2. The molecule has 3 aromatic rings. The Morgan fingerprint density at radius 1 is 1.16 bits per heavy atom. The van der Waals surface area contributed by atoms with E-state index < -0.39 is 11.9 Å². The Labute approximate surface area is 326 Å². The molecule has 5 heterocycles. The molecule has 1 spiro atoms. The molecule has 2 aromatic heterocycles. The van der Waals surface area contributed by atoms with Crippen LogP contribution in [0.5, 0.6) is 11.9 Å². The van der Waals surface area contributed by atoms with E-state index in [-0.39, 0.29) is 68.2 Å². The number of benzene rings is 1. The third kappa shape index (κ3) is 6.92. The quantitative estimate of drug-likeness (QED) is 0.126. The lowest BCUT2D eigenvalue weighted by Gasteiger charge is -2.58. The number of ether oxygens (including phenoxy) is 3. The Kier molecular flexibility index (Phi) is 10.4. The summed E-state index contributed by atoms with van der Waals surface area (Å²) in [7, 11) is 1.46. The van der Waals surface area contributed by atoms with Gasteiger partial charge in [0, 0.05) is 73.4 Å². The number of hydrogen-bond acceptors (Lipinski definition) is 11. The van der Waals surface area contributed by atoms with Crippen LogP contribution in [0, 0.1) is 34.9 Å². The molecule has 1 aromatic carbocycles. The van der Waals surface area contributed by atoms with Crippen molar-refractivity contribution in [2.75, 3.05) is 63.7 Å². The zero-order valence-electron chi connectivity index (χ0n) is 31.8. The fraction of sp³-hybridized carbons (Fsp3) is 0.625. The predicted molar refractivity (Wildman–Crippen MR) is 209 cm³/mol. The van der Waals surface area contributed by atoms with E-state index in [4.69, 9.17) is 46.9 Å². The average Bonchev–Trinajstić information content (AvgIpc) is 3.62. The maximum atomic E-state index is 17.2. The number of fused-ring (bicyclic) bond motifs is 2. The number of aryl methyl sites for hydroxylation is 1. The van der Waals surface area contributed by atoms with Crippen molar-refractivity contribution in [1.82, 2.24) is 25.2 Å². The Bertz CT molecular complexity index is 1970. The molecular formula is C40H52ClFN8O5. The minimum Gasteiger partial charge on any atom is -0.480 e. The number of nitrogen functional groups attached to an aromatic ring is 1. The van der Waals surface area contributed by atoms with E-state index >= 15 is 4.39 Å². The van der Waals surface area contributed by atoms with Crippen molar-refractivity contribution >= 4 is 46.3 Å².